The Morgan fingerprint density at radius 2 is 0.943 bits per heavy atom. The van der Waals surface area contributed by atoms with E-state index in [0.717, 1.165) is 43.8 Å². The van der Waals surface area contributed by atoms with Crippen LogP contribution in [-0.2, 0) is 0 Å². The maximum atomic E-state index is 12.7. The fourth-order valence-corrected chi connectivity index (χ4v) is 5.00. The number of fused-ring (bicyclic) bond motifs is 3. The first kappa shape index (κ1) is 21.2. The molecule has 1 nitrogen and oxygen atoms in total. The highest BCUT2D eigenvalue weighted by Crippen LogP contribution is 2.45. The molecule has 0 atom stereocenters. The monoisotopic (exact) mass is 464 g/mol. The van der Waals surface area contributed by atoms with Gasteiger partial charge in [-0.25, -0.2) is 0 Å². The molecule has 0 unspecified atom stereocenters. The van der Waals surface area contributed by atoms with Gasteiger partial charge >= 0.3 is 6.36 Å². The van der Waals surface area contributed by atoms with Crippen LogP contribution in [0, 0.1) is 0 Å². The number of ether oxygens (including phenoxy) is 1. The zero-order valence-electron chi connectivity index (χ0n) is 18.5. The maximum absolute atomic E-state index is 12.7. The summed E-state index contributed by atoms with van der Waals surface area (Å²) in [5, 5.41) is 6.60. The summed E-state index contributed by atoms with van der Waals surface area (Å²) < 4.78 is 42.1. The minimum Gasteiger partial charge on any atom is -0.406 e. The van der Waals surface area contributed by atoms with Gasteiger partial charge in [-0.2, -0.15) is 0 Å². The number of hydrogen-bond acceptors (Lipinski definition) is 1. The SMILES string of the molecule is FC(F)(F)Oc1ccc(-c2c3ccccc3c(-c3cccc4ccccc34)c3ccccc23)cc1. The van der Waals surface area contributed by atoms with E-state index >= 15 is 0 Å². The topological polar surface area (TPSA) is 9.23 Å². The molecule has 35 heavy (non-hydrogen) atoms. The zero-order valence-corrected chi connectivity index (χ0v) is 18.5. The number of hydrogen-bond donors (Lipinski definition) is 0. The van der Waals surface area contributed by atoms with E-state index < -0.39 is 6.36 Å². The van der Waals surface area contributed by atoms with Crippen LogP contribution in [0.3, 0.4) is 0 Å². The van der Waals surface area contributed by atoms with E-state index in [1.54, 1.807) is 12.1 Å². The van der Waals surface area contributed by atoms with Gasteiger partial charge in [-0.1, -0.05) is 103 Å². The van der Waals surface area contributed by atoms with Crippen LogP contribution in [0.4, 0.5) is 13.2 Å². The predicted octanol–water partition coefficient (Wildman–Crippen LogP) is 9.38. The summed E-state index contributed by atoms with van der Waals surface area (Å²) >= 11 is 0. The Morgan fingerprint density at radius 3 is 1.51 bits per heavy atom. The lowest BCUT2D eigenvalue weighted by atomic mass is 9.85. The second-order valence-electron chi connectivity index (χ2n) is 8.44. The van der Waals surface area contributed by atoms with E-state index in [0.29, 0.717) is 0 Å². The Labute approximate surface area is 200 Å². The van der Waals surface area contributed by atoms with Crippen LogP contribution in [-0.4, -0.2) is 6.36 Å². The largest absolute Gasteiger partial charge is 0.573 e. The summed E-state index contributed by atoms with van der Waals surface area (Å²) in [5.41, 5.74) is 4.11. The molecule has 170 valence electrons. The number of rotatable bonds is 3. The summed E-state index contributed by atoms with van der Waals surface area (Å²) in [6.07, 6.45) is -4.72. The lowest BCUT2D eigenvalue weighted by molar-refractivity contribution is -0.274. The highest BCUT2D eigenvalue weighted by Gasteiger charge is 2.31. The van der Waals surface area contributed by atoms with Crippen LogP contribution in [0.25, 0.3) is 54.6 Å². The van der Waals surface area contributed by atoms with Gasteiger partial charge in [0.25, 0.3) is 0 Å². The number of benzene rings is 6. The molecule has 0 amide bonds. The van der Waals surface area contributed by atoms with Gasteiger partial charge in [0.05, 0.1) is 0 Å². The molecule has 6 rings (SSSR count). The number of alkyl halides is 3. The highest BCUT2D eigenvalue weighted by atomic mass is 19.4. The van der Waals surface area contributed by atoms with E-state index in [1.165, 1.54) is 22.9 Å². The molecule has 0 bridgehead atoms. The molecule has 0 saturated heterocycles. The van der Waals surface area contributed by atoms with Gasteiger partial charge in [-0.05, 0) is 66.7 Å². The molecule has 0 heterocycles. The minimum atomic E-state index is -4.72. The molecule has 0 saturated carbocycles. The van der Waals surface area contributed by atoms with Crippen LogP contribution in [0.1, 0.15) is 0 Å². The van der Waals surface area contributed by atoms with E-state index in [9.17, 15) is 13.2 Å². The second-order valence-corrected chi connectivity index (χ2v) is 8.44. The van der Waals surface area contributed by atoms with Crippen LogP contribution in [0.15, 0.2) is 115 Å². The molecule has 0 radical (unpaired) electrons. The van der Waals surface area contributed by atoms with E-state index in [1.807, 2.05) is 30.3 Å². The second kappa shape index (κ2) is 8.17. The van der Waals surface area contributed by atoms with Crippen molar-refractivity contribution < 1.29 is 17.9 Å². The third-order valence-electron chi connectivity index (χ3n) is 6.37. The first-order chi connectivity index (χ1) is 17.0. The molecular weight excluding hydrogens is 445 g/mol. The van der Waals surface area contributed by atoms with E-state index in [2.05, 4.69) is 65.4 Å². The van der Waals surface area contributed by atoms with Crippen LogP contribution in [0.5, 0.6) is 5.75 Å². The van der Waals surface area contributed by atoms with Crippen molar-refractivity contribution in [1.29, 1.82) is 0 Å². The summed E-state index contributed by atoms with van der Waals surface area (Å²) in [6, 6.07) is 37.2. The number of halogens is 3. The molecule has 0 fully saturated rings. The van der Waals surface area contributed by atoms with Crippen LogP contribution in [0.2, 0.25) is 0 Å². The van der Waals surface area contributed by atoms with Crippen molar-refractivity contribution in [2.45, 2.75) is 6.36 Å². The Morgan fingerprint density at radius 1 is 0.457 bits per heavy atom. The Hall–Kier alpha value is -4.31. The molecular formula is C31H19F3O. The lowest BCUT2D eigenvalue weighted by Crippen LogP contribution is -2.16. The summed E-state index contributed by atoms with van der Waals surface area (Å²) in [7, 11) is 0. The van der Waals surface area contributed by atoms with Gasteiger partial charge in [-0.15, -0.1) is 13.2 Å². The fourth-order valence-electron chi connectivity index (χ4n) is 5.00. The van der Waals surface area contributed by atoms with Crippen molar-refractivity contribution in [3.05, 3.63) is 115 Å². The van der Waals surface area contributed by atoms with Crippen molar-refractivity contribution >= 4 is 32.3 Å². The van der Waals surface area contributed by atoms with Crippen molar-refractivity contribution in [2.75, 3.05) is 0 Å². The Balaban J connectivity index is 1.67. The fraction of sp³-hybridized carbons (Fsp3) is 0.0323. The maximum Gasteiger partial charge on any atom is 0.573 e. The van der Waals surface area contributed by atoms with E-state index in [-0.39, 0.29) is 5.75 Å². The predicted molar refractivity (Wildman–Crippen MR) is 137 cm³/mol. The molecule has 0 aliphatic carbocycles. The van der Waals surface area contributed by atoms with Gasteiger partial charge in [0, 0.05) is 0 Å². The third kappa shape index (κ3) is 3.77. The smallest absolute Gasteiger partial charge is 0.406 e. The Bertz CT molecular complexity index is 1640. The van der Waals surface area contributed by atoms with Gasteiger partial charge < -0.3 is 4.74 Å². The highest BCUT2D eigenvalue weighted by molar-refractivity contribution is 6.23. The van der Waals surface area contributed by atoms with Crippen LogP contribution < -0.4 is 4.74 Å². The van der Waals surface area contributed by atoms with Crippen molar-refractivity contribution in [3.63, 3.8) is 0 Å². The first-order valence-electron chi connectivity index (χ1n) is 11.3. The summed E-state index contributed by atoms with van der Waals surface area (Å²) in [6.45, 7) is 0. The standard InChI is InChI=1S/C31H19F3O/c32-31(33,34)35-22-18-16-21(17-19-22)29-25-11-3-5-13-27(25)30(28-14-6-4-12-26(28)29)24-15-7-9-20-8-1-2-10-23(20)24/h1-19H. The molecule has 0 N–H and O–H groups in total. The average molecular weight is 464 g/mol. The van der Waals surface area contributed by atoms with Gasteiger partial charge in [0.15, 0.2) is 0 Å². The summed E-state index contributed by atoms with van der Waals surface area (Å²) in [5.74, 6) is -0.234. The third-order valence-corrected chi connectivity index (χ3v) is 6.37. The summed E-state index contributed by atoms with van der Waals surface area (Å²) in [4.78, 5) is 0. The molecule has 4 heteroatoms. The van der Waals surface area contributed by atoms with Crippen molar-refractivity contribution in [3.8, 4) is 28.0 Å². The molecule has 0 aromatic heterocycles. The first-order valence-corrected chi connectivity index (χ1v) is 11.3. The normalized spacial score (nSPS) is 11.9. The van der Waals surface area contributed by atoms with Gasteiger partial charge in [0.1, 0.15) is 5.75 Å². The lowest BCUT2D eigenvalue weighted by Gasteiger charge is -2.19. The average Bonchev–Trinajstić information content (AvgIpc) is 2.87. The quantitative estimate of drug-likeness (QED) is 0.237. The van der Waals surface area contributed by atoms with Crippen molar-refractivity contribution in [2.24, 2.45) is 0 Å². The minimum absolute atomic E-state index is 0.234. The van der Waals surface area contributed by atoms with Crippen molar-refractivity contribution in [1.82, 2.24) is 0 Å². The van der Waals surface area contributed by atoms with Gasteiger partial charge in [0.2, 0.25) is 0 Å². The molecule has 0 spiro atoms. The van der Waals surface area contributed by atoms with Crippen LogP contribution >= 0.6 is 0 Å². The molecule has 0 aliphatic rings. The van der Waals surface area contributed by atoms with Gasteiger partial charge in [-0.3, -0.25) is 0 Å². The zero-order chi connectivity index (χ0) is 24.0. The molecule has 6 aromatic carbocycles. The Kier molecular flexibility index (Phi) is 4.96. The molecule has 0 aliphatic heterocycles. The molecule has 6 aromatic rings. The van der Waals surface area contributed by atoms with E-state index in [4.69, 9.17) is 0 Å².